The minimum atomic E-state index is -0.690. The van der Waals surface area contributed by atoms with Gasteiger partial charge in [-0.05, 0) is 42.2 Å². The molecule has 25 heavy (non-hydrogen) atoms. The lowest BCUT2D eigenvalue weighted by Crippen LogP contribution is -2.36. The van der Waals surface area contributed by atoms with Crippen LogP contribution in [0.5, 0.6) is 0 Å². The van der Waals surface area contributed by atoms with Gasteiger partial charge in [-0.3, -0.25) is 4.79 Å². The molecule has 1 aromatic heterocycles. The van der Waals surface area contributed by atoms with Crippen molar-refractivity contribution in [3.63, 3.8) is 0 Å². The number of pyridine rings is 1. The van der Waals surface area contributed by atoms with Gasteiger partial charge in [0, 0.05) is 37.5 Å². The van der Waals surface area contributed by atoms with Crippen molar-refractivity contribution >= 4 is 33.4 Å². The molecule has 0 atom stereocenters. The molecule has 2 aromatic rings. The molecular formula is C17H17BrClF2N3O. The second kappa shape index (κ2) is 8.69. The van der Waals surface area contributed by atoms with Crippen LogP contribution in [0, 0.1) is 11.6 Å². The van der Waals surface area contributed by atoms with Crippen molar-refractivity contribution < 1.29 is 13.6 Å². The summed E-state index contributed by atoms with van der Waals surface area (Å²) in [5.74, 6) is -1.70. The van der Waals surface area contributed by atoms with E-state index in [1.54, 1.807) is 0 Å². The zero-order chi connectivity index (χ0) is 18.6. The quantitative estimate of drug-likeness (QED) is 0.648. The molecule has 0 saturated heterocycles. The summed E-state index contributed by atoms with van der Waals surface area (Å²) in [6, 6.07) is 4.84. The summed E-state index contributed by atoms with van der Waals surface area (Å²) in [6.07, 6.45) is 1.38. The van der Waals surface area contributed by atoms with Gasteiger partial charge in [-0.1, -0.05) is 17.7 Å². The summed E-state index contributed by atoms with van der Waals surface area (Å²) >= 11 is 9.30. The first-order valence-electron chi connectivity index (χ1n) is 7.47. The van der Waals surface area contributed by atoms with E-state index in [0.29, 0.717) is 17.7 Å². The number of carbonyl (C=O) groups is 1. The van der Waals surface area contributed by atoms with Crippen LogP contribution in [0.25, 0.3) is 0 Å². The lowest BCUT2D eigenvalue weighted by molar-refractivity contribution is 0.0730. The first kappa shape index (κ1) is 19.8. The fraction of sp³-hybridized carbons (Fsp3) is 0.294. The van der Waals surface area contributed by atoms with Crippen LogP contribution in [-0.2, 0) is 6.54 Å². The molecule has 0 fully saturated rings. The highest BCUT2D eigenvalue weighted by Crippen LogP contribution is 2.22. The number of benzene rings is 1. The average Bonchev–Trinajstić information content (AvgIpc) is 2.54. The number of likely N-dealkylation sites (N-methyl/N-ethyl adjacent to an activating group) is 1. The lowest BCUT2D eigenvalue weighted by atomic mass is 10.1. The van der Waals surface area contributed by atoms with Crippen LogP contribution in [0.4, 0.5) is 8.78 Å². The van der Waals surface area contributed by atoms with E-state index in [-0.39, 0.29) is 28.6 Å². The molecule has 4 nitrogen and oxygen atoms in total. The van der Waals surface area contributed by atoms with E-state index >= 15 is 0 Å². The van der Waals surface area contributed by atoms with E-state index < -0.39 is 11.6 Å². The highest BCUT2D eigenvalue weighted by molar-refractivity contribution is 9.10. The predicted molar refractivity (Wildman–Crippen MR) is 96.6 cm³/mol. The second-order valence-electron chi connectivity index (χ2n) is 5.75. The average molecular weight is 433 g/mol. The maximum absolute atomic E-state index is 14.0. The van der Waals surface area contributed by atoms with Gasteiger partial charge in [0.1, 0.15) is 16.2 Å². The van der Waals surface area contributed by atoms with E-state index in [1.165, 1.54) is 29.3 Å². The smallest absolute Gasteiger partial charge is 0.255 e. The Morgan fingerprint density at radius 1 is 1.24 bits per heavy atom. The van der Waals surface area contributed by atoms with Crippen molar-refractivity contribution in [1.82, 2.24) is 14.8 Å². The third-order valence-electron chi connectivity index (χ3n) is 3.53. The predicted octanol–water partition coefficient (Wildman–Crippen LogP) is 3.98. The molecule has 0 N–H and O–H groups in total. The monoisotopic (exact) mass is 431 g/mol. The molecule has 0 bridgehead atoms. The topological polar surface area (TPSA) is 36.4 Å². The molecule has 0 spiro atoms. The maximum Gasteiger partial charge on any atom is 0.255 e. The molecular weight excluding hydrogens is 416 g/mol. The fourth-order valence-corrected chi connectivity index (χ4v) is 2.69. The third kappa shape index (κ3) is 5.45. The lowest BCUT2D eigenvalue weighted by Gasteiger charge is -2.25. The first-order valence-corrected chi connectivity index (χ1v) is 8.64. The van der Waals surface area contributed by atoms with Crippen molar-refractivity contribution in [2.24, 2.45) is 0 Å². The number of carbonyl (C=O) groups excluding carboxylic acids is 1. The normalized spacial score (nSPS) is 11.0. The van der Waals surface area contributed by atoms with Gasteiger partial charge >= 0.3 is 0 Å². The van der Waals surface area contributed by atoms with Crippen molar-refractivity contribution in [1.29, 1.82) is 0 Å². The van der Waals surface area contributed by atoms with E-state index in [9.17, 15) is 13.6 Å². The van der Waals surface area contributed by atoms with Crippen molar-refractivity contribution in [3.05, 3.63) is 62.8 Å². The number of rotatable bonds is 6. The van der Waals surface area contributed by atoms with Gasteiger partial charge in [-0.2, -0.15) is 0 Å². The molecule has 0 radical (unpaired) electrons. The highest BCUT2D eigenvalue weighted by Gasteiger charge is 2.21. The SMILES string of the molecule is CN(C)CCN(Cc1ccc(F)cc1F)C(=O)c1cc(Br)ncc1Cl. The third-order valence-corrected chi connectivity index (χ3v) is 4.27. The molecule has 1 amide bonds. The molecule has 8 heteroatoms. The van der Waals surface area contributed by atoms with Crippen molar-refractivity contribution in [2.75, 3.05) is 27.2 Å². The Kier molecular flexibility index (Phi) is 6.87. The summed E-state index contributed by atoms with van der Waals surface area (Å²) in [7, 11) is 3.74. The van der Waals surface area contributed by atoms with Crippen LogP contribution in [0.15, 0.2) is 35.1 Å². The molecule has 0 aliphatic heterocycles. The molecule has 0 aliphatic rings. The number of hydrogen-bond acceptors (Lipinski definition) is 3. The van der Waals surface area contributed by atoms with Crippen LogP contribution >= 0.6 is 27.5 Å². The van der Waals surface area contributed by atoms with Crippen LogP contribution in [0.3, 0.4) is 0 Å². The largest absolute Gasteiger partial charge is 0.333 e. The summed E-state index contributed by atoms with van der Waals surface area (Å²) in [5.41, 5.74) is 0.502. The van der Waals surface area contributed by atoms with E-state index in [1.807, 2.05) is 19.0 Å². The molecule has 0 saturated carbocycles. The Morgan fingerprint density at radius 3 is 2.60 bits per heavy atom. The standard InChI is InChI=1S/C17H17BrClF2N3O/c1-23(2)5-6-24(10-11-3-4-12(20)7-15(11)21)17(25)13-8-16(18)22-9-14(13)19/h3-4,7-9H,5-6,10H2,1-2H3. The van der Waals surface area contributed by atoms with Crippen LogP contribution in [0.2, 0.25) is 5.02 Å². The Bertz CT molecular complexity index is 774. The Labute approximate surface area is 158 Å². The summed E-state index contributed by atoms with van der Waals surface area (Å²) in [5, 5.41) is 0.211. The van der Waals surface area contributed by atoms with Crippen LogP contribution in [-0.4, -0.2) is 47.9 Å². The van der Waals surface area contributed by atoms with E-state index in [0.717, 1.165) is 6.07 Å². The number of amides is 1. The molecule has 1 heterocycles. The summed E-state index contributed by atoms with van der Waals surface area (Å²) in [4.78, 5) is 20.2. The van der Waals surface area contributed by atoms with Gasteiger partial charge in [0.15, 0.2) is 0 Å². The molecule has 2 rings (SSSR count). The number of hydrogen-bond donors (Lipinski definition) is 0. The number of nitrogens with zero attached hydrogens (tertiary/aromatic N) is 3. The highest BCUT2D eigenvalue weighted by atomic mass is 79.9. The van der Waals surface area contributed by atoms with Gasteiger partial charge < -0.3 is 9.80 Å². The van der Waals surface area contributed by atoms with Crippen molar-refractivity contribution in [3.8, 4) is 0 Å². The van der Waals surface area contributed by atoms with Gasteiger partial charge in [-0.25, -0.2) is 13.8 Å². The zero-order valence-corrected chi connectivity index (χ0v) is 16.1. The maximum atomic E-state index is 14.0. The zero-order valence-electron chi connectivity index (χ0n) is 13.8. The minimum Gasteiger partial charge on any atom is -0.333 e. The Balaban J connectivity index is 2.31. The van der Waals surface area contributed by atoms with Gasteiger partial charge in [0.25, 0.3) is 5.91 Å². The molecule has 1 aromatic carbocycles. The van der Waals surface area contributed by atoms with E-state index in [2.05, 4.69) is 20.9 Å². The van der Waals surface area contributed by atoms with Crippen molar-refractivity contribution in [2.45, 2.75) is 6.54 Å². The van der Waals surface area contributed by atoms with Gasteiger partial charge in [-0.15, -0.1) is 0 Å². The molecule has 0 unspecified atom stereocenters. The van der Waals surface area contributed by atoms with Gasteiger partial charge in [0.2, 0.25) is 0 Å². The minimum absolute atomic E-state index is 0.00899. The first-order chi connectivity index (χ1) is 11.8. The van der Waals surface area contributed by atoms with Crippen LogP contribution in [0.1, 0.15) is 15.9 Å². The number of aromatic nitrogens is 1. The Morgan fingerprint density at radius 2 is 1.96 bits per heavy atom. The van der Waals surface area contributed by atoms with E-state index in [4.69, 9.17) is 11.6 Å². The molecule has 134 valence electrons. The molecule has 0 aliphatic carbocycles. The van der Waals surface area contributed by atoms with Gasteiger partial charge in [0.05, 0.1) is 10.6 Å². The Hall–Kier alpha value is -1.57. The fourth-order valence-electron chi connectivity index (χ4n) is 2.18. The second-order valence-corrected chi connectivity index (χ2v) is 6.97. The number of halogens is 4. The van der Waals surface area contributed by atoms with Crippen LogP contribution < -0.4 is 0 Å². The summed E-state index contributed by atoms with van der Waals surface area (Å²) in [6.45, 7) is 0.951. The summed E-state index contributed by atoms with van der Waals surface area (Å²) < 4.78 is 27.6.